The van der Waals surface area contributed by atoms with E-state index < -0.39 is 0 Å². The molecule has 1 heterocycles. The van der Waals surface area contributed by atoms with Gasteiger partial charge in [-0.3, -0.25) is 0 Å². The Balaban J connectivity index is 1.80. The summed E-state index contributed by atoms with van der Waals surface area (Å²) >= 11 is 3.45. The van der Waals surface area contributed by atoms with Gasteiger partial charge in [-0.2, -0.15) is 0 Å². The molecule has 0 amide bonds. The number of ether oxygens (including phenoxy) is 1. The number of fused-ring (bicyclic) bond motifs is 1. The van der Waals surface area contributed by atoms with E-state index >= 15 is 0 Å². The molecule has 1 saturated carbocycles. The molecule has 1 aromatic rings. The molecule has 1 aromatic carbocycles. The van der Waals surface area contributed by atoms with Crippen molar-refractivity contribution in [2.45, 2.75) is 37.4 Å². The summed E-state index contributed by atoms with van der Waals surface area (Å²) in [5.41, 5.74) is 0.976. The van der Waals surface area contributed by atoms with Crippen LogP contribution >= 0.6 is 15.9 Å². The summed E-state index contributed by atoms with van der Waals surface area (Å²) in [5.74, 6) is 6.55. The van der Waals surface area contributed by atoms with Crippen LogP contribution in [0.2, 0.25) is 0 Å². The van der Waals surface area contributed by atoms with Crippen LogP contribution in [0.1, 0.15) is 31.2 Å². The molecule has 82 valence electrons. The summed E-state index contributed by atoms with van der Waals surface area (Å²) in [6.07, 6.45) is 5.27. The first-order valence-corrected chi connectivity index (χ1v) is 6.54. The van der Waals surface area contributed by atoms with E-state index in [4.69, 9.17) is 4.74 Å². The van der Waals surface area contributed by atoms with Gasteiger partial charge >= 0.3 is 0 Å². The summed E-state index contributed by atoms with van der Waals surface area (Å²) in [5, 5.41) is 0. The molecule has 0 radical (unpaired) electrons. The lowest BCUT2D eigenvalue weighted by atomic mass is 9.89. The molecule has 0 bridgehead atoms. The third-order valence-electron chi connectivity index (χ3n) is 3.32. The van der Waals surface area contributed by atoms with E-state index in [1.54, 1.807) is 0 Å². The first-order chi connectivity index (χ1) is 7.78. The fraction of sp³-hybridized carbons (Fsp3) is 0.429. The van der Waals surface area contributed by atoms with Gasteiger partial charge in [-0.05, 0) is 37.5 Å². The predicted octanol–water partition coefficient (Wildman–Crippen LogP) is 3.51. The third-order valence-corrected chi connectivity index (χ3v) is 3.82. The molecule has 2 heteroatoms. The van der Waals surface area contributed by atoms with Gasteiger partial charge in [-0.15, -0.1) is 0 Å². The van der Waals surface area contributed by atoms with Gasteiger partial charge in [0, 0.05) is 10.0 Å². The average molecular weight is 277 g/mol. The molecule has 0 N–H and O–H groups in total. The second-order valence-corrected chi connectivity index (χ2v) is 5.42. The molecule has 1 saturated heterocycles. The monoisotopic (exact) mass is 276 g/mol. The van der Waals surface area contributed by atoms with Crippen molar-refractivity contribution in [2.24, 2.45) is 0 Å². The maximum Gasteiger partial charge on any atom is 0.155 e. The van der Waals surface area contributed by atoms with Gasteiger partial charge < -0.3 is 4.74 Å². The first-order valence-electron chi connectivity index (χ1n) is 5.75. The fourth-order valence-electron chi connectivity index (χ4n) is 2.37. The van der Waals surface area contributed by atoms with Crippen molar-refractivity contribution < 1.29 is 4.74 Å². The number of rotatable bonds is 0. The Morgan fingerprint density at radius 3 is 3.12 bits per heavy atom. The number of halogens is 1. The number of epoxide rings is 1. The summed E-state index contributed by atoms with van der Waals surface area (Å²) in [6, 6.07) is 8.11. The van der Waals surface area contributed by atoms with Gasteiger partial charge in [0.15, 0.2) is 5.60 Å². The highest BCUT2D eigenvalue weighted by molar-refractivity contribution is 9.10. The predicted molar refractivity (Wildman–Crippen MR) is 67.1 cm³/mol. The molecule has 0 spiro atoms. The maximum absolute atomic E-state index is 5.73. The minimum atomic E-state index is -0.0828. The summed E-state index contributed by atoms with van der Waals surface area (Å²) in [4.78, 5) is 0. The molecule has 1 nitrogen and oxygen atoms in total. The van der Waals surface area contributed by atoms with Crippen molar-refractivity contribution in [1.82, 2.24) is 0 Å². The number of benzene rings is 1. The molecule has 2 atom stereocenters. The third kappa shape index (κ3) is 1.90. The second-order valence-electron chi connectivity index (χ2n) is 4.50. The highest BCUT2D eigenvalue weighted by atomic mass is 79.9. The molecule has 3 rings (SSSR count). The van der Waals surface area contributed by atoms with E-state index in [1.807, 2.05) is 24.3 Å². The maximum atomic E-state index is 5.73. The Morgan fingerprint density at radius 1 is 1.38 bits per heavy atom. The van der Waals surface area contributed by atoms with Gasteiger partial charge in [0.1, 0.15) is 0 Å². The normalized spacial score (nSPS) is 31.2. The zero-order chi connectivity index (χ0) is 11.0. The van der Waals surface area contributed by atoms with Crippen LogP contribution < -0.4 is 0 Å². The molecule has 1 aliphatic carbocycles. The van der Waals surface area contributed by atoms with E-state index in [1.165, 1.54) is 19.3 Å². The van der Waals surface area contributed by atoms with Gasteiger partial charge in [-0.1, -0.05) is 40.3 Å². The lowest BCUT2D eigenvalue weighted by molar-refractivity contribution is 0.336. The summed E-state index contributed by atoms with van der Waals surface area (Å²) in [6.45, 7) is 0. The van der Waals surface area contributed by atoms with Crippen LogP contribution in [0.3, 0.4) is 0 Å². The Bertz CT molecular complexity index is 471. The summed E-state index contributed by atoms with van der Waals surface area (Å²) < 4.78 is 6.81. The van der Waals surface area contributed by atoms with Gasteiger partial charge in [0.2, 0.25) is 0 Å². The van der Waals surface area contributed by atoms with Crippen LogP contribution in [0, 0.1) is 11.8 Å². The van der Waals surface area contributed by atoms with Crippen molar-refractivity contribution in [1.29, 1.82) is 0 Å². The Hall–Kier alpha value is -0.780. The lowest BCUT2D eigenvalue weighted by Gasteiger charge is -2.10. The SMILES string of the molecule is Brc1cccc(C#CC23CCCCC2O3)c1. The topological polar surface area (TPSA) is 12.5 Å². The quantitative estimate of drug-likeness (QED) is 0.522. The minimum absolute atomic E-state index is 0.0828. The standard InChI is InChI=1S/C14H13BrO/c15-12-5-3-4-11(10-12)7-9-14-8-2-1-6-13(14)16-14/h3-5,10,13H,1-2,6,8H2. The van der Waals surface area contributed by atoms with Crippen molar-refractivity contribution in [3.05, 3.63) is 34.3 Å². The van der Waals surface area contributed by atoms with Gasteiger partial charge in [0.25, 0.3) is 0 Å². The zero-order valence-corrected chi connectivity index (χ0v) is 10.6. The lowest BCUT2D eigenvalue weighted by Crippen LogP contribution is -2.16. The van der Waals surface area contributed by atoms with E-state index in [2.05, 4.69) is 27.8 Å². The Morgan fingerprint density at radius 2 is 2.31 bits per heavy atom. The van der Waals surface area contributed by atoms with Crippen LogP contribution in [0.15, 0.2) is 28.7 Å². The molecular weight excluding hydrogens is 264 g/mol. The fourth-order valence-corrected chi connectivity index (χ4v) is 2.77. The number of hydrogen-bond donors (Lipinski definition) is 0. The minimum Gasteiger partial charge on any atom is -0.352 e. The van der Waals surface area contributed by atoms with E-state index in [9.17, 15) is 0 Å². The van der Waals surface area contributed by atoms with Crippen LogP contribution in [0.4, 0.5) is 0 Å². The molecule has 0 aromatic heterocycles. The van der Waals surface area contributed by atoms with E-state index in [0.29, 0.717) is 6.10 Å². The molecule has 1 aliphatic heterocycles. The molecule has 2 unspecified atom stereocenters. The van der Waals surface area contributed by atoms with Crippen LogP contribution in [0.25, 0.3) is 0 Å². The summed E-state index contributed by atoms with van der Waals surface area (Å²) in [7, 11) is 0. The molecule has 2 aliphatic rings. The molecular formula is C14H13BrO. The largest absolute Gasteiger partial charge is 0.352 e. The van der Waals surface area contributed by atoms with Gasteiger partial charge in [0.05, 0.1) is 6.10 Å². The second kappa shape index (κ2) is 3.91. The van der Waals surface area contributed by atoms with Crippen LogP contribution in [-0.2, 0) is 4.74 Å². The smallest absolute Gasteiger partial charge is 0.155 e. The van der Waals surface area contributed by atoms with Crippen LogP contribution in [0.5, 0.6) is 0 Å². The zero-order valence-electron chi connectivity index (χ0n) is 9.00. The highest BCUT2D eigenvalue weighted by Gasteiger charge is 2.56. The number of hydrogen-bond acceptors (Lipinski definition) is 1. The van der Waals surface area contributed by atoms with Crippen LogP contribution in [-0.4, -0.2) is 11.7 Å². The van der Waals surface area contributed by atoms with Crippen molar-refractivity contribution in [3.63, 3.8) is 0 Å². The Labute approximate surface area is 104 Å². The van der Waals surface area contributed by atoms with Crippen molar-refractivity contribution in [3.8, 4) is 11.8 Å². The van der Waals surface area contributed by atoms with E-state index in [0.717, 1.165) is 16.5 Å². The molecule has 16 heavy (non-hydrogen) atoms. The van der Waals surface area contributed by atoms with E-state index in [-0.39, 0.29) is 5.60 Å². The molecule has 2 fully saturated rings. The Kier molecular flexibility index (Phi) is 2.53. The van der Waals surface area contributed by atoms with Crippen molar-refractivity contribution in [2.75, 3.05) is 0 Å². The first kappa shape index (κ1) is 10.4. The van der Waals surface area contributed by atoms with Gasteiger partial charge in [-0.25, -0.2) is 0 Å². The highest BCUT2D eigenvalue weighted by Crippen LogP contribution is 2.47. The van der Waals surface area contributed by atoms with Crippen molar-refractivity contribution >= 4 is 15.9 Å². The average Bonchev–Trinajstić information content (AvgIpc) is 3.01.